The number of esters is 1. The van der Waals surface area contributed by atoms with Gasteiger partial charge in [0.15, 0.2) is 0 Å². The second-order valence-electron chi connectivity index (χ2n) is 6.84. The van der Waals surface area contributed by atoms with Crippen molar-refractivity contribution in [2.75, 3.05) is 13.2 Å². The molecule has 0 aromatic rings. The highest BCUT2D eigenvalue weighted by Gasteiger charge is 2.29. The summed E-state index contributed by atoms with van der Waals surface area (Å²) < 4.78 is 10.2. The Kier molecular flexibility index (Phi) is 5.28. The fourth-order valence-electron chi connectivity index (χ4n) is 2.65. The number of carbonyl (C=O) groups is 3. The van der Waals surface area contributed by atoms with Crippen LogP contribution in [-0.2, 0) is 19.1 Å². The zero-order valence-corrected chi connectivity index (χ0v) is 13.8. The fraction of sp³-hybridized carbons (Fsp3) is 0.688. The Morgan fingerprint density at radius 3 is 2.74 bits per heavy atom. The average molecular weight is 324 g/mol. The highest BCUT2D eigenvalue weighted by atomic mass is 16.6. The van der Waals surface area contributed by atoms with E-state index in [0.29, 0.717) is 31.6 Å². The molecule has 7 nitrogen and oxygen atoms in total. The molecule has 2 amide bonds. The number of alkyl carbamates (subject to hydrolysis) is 1. The van der Waals surface area contributed by atoms with E-state index in [1.807, 2.05) is 0 Å². The summed E-state index contributed by atoms with van der Waals surface area (Å²) >= 11 is 0. The van der Waals surface area contributed by atoms with Crippen molar-refractivity contribution in [2.45, 2.75) is 51.7 Å². The molecule has 2 aliphatic rings. The van der Waals surface area contributed by atoms with E-state index in [-0.39, 0.29) is 17.8 Å². The molecule has 0 saturated carbocycles. The summed E-state index contributed by atoms with van der Waals surface area (Å²) in [5, 5.41) is 5.52. The minimum Gasteiger partial charge on any atom is -0.462 e. The Hall–Kier alpha value is -2.05. The van der Waals surface area contributed by atoms with Gasteiger partial charge in [-0.05, 0) is 33.6 Å². The van der Waals surface area contributed by atoms with E-state index in [1.165, 1.54) is 0 Å². The third-order valence-corrected chi connectivity index (χ3v) is 3.67. The van der Waals surface area contributed by atoms with E-state index in [1.54, 1.807) is 26.8 Å². The van der Waals surface area contributed by atoms with Crippen LogP contribution in [0.5, 0.6) is 0 Å². The molecule has 0 aromatic heterocycles. The first kappa shape index (κ1) is 17.3. The molecule has 0 spiro atoms. The lowest BCUT2D eigenvalue weighted by Crippen LogP contribution is -2.40. The second kappa shape index (κ2) is 7.02. The lowest BCUT2D eigenvalue weighted by Gasteiger charge is -2.23. The Balaban J connectivity index is 2.06. The summed E-state index contributed by atoms with van der Waals surface area (Å²) in [6.07, 6.45) is 2.79. The predicted molar refractivity (Wildman–Crippen MR) is 82.6 cm³/mol. The smallest absolute Gasteiger partial charge is 0.408 e. The van der Waals surface area contributed by atoms with Crippen LogP contribution in [0.2, 0.25) is 0 Å². The number of cyclic esters (lactones) is 1. The van der Waals surface area contributed by atoms with Gasteiger partial charge < -0.3 is 20.1 Å². The van der Waals surface area contributed by atoms with Gasteiger partial charge in [0.05, 0.1) is 12.6 Å². The quantitative estimate of drug-likeness (QED) is 0.600. The maximum absolute atomic E-state index is 12.0. The number of rotatable bonds is 4. The Morgan fingerprint density at radius 2 is 2.22 bits per heavy atom. The zero-order valence-electron chi connectivity index (χ0n) is 13.8. The van der Waals surface area contributed by atoms with E-state index >= 15 is 0 Å². The summed E-state index contributed by atoms with van der Waals surface area (Å²) in [6, 6.07) is -0.445. The average Bonchev–Trinajstić information content (AvgIpc) is 2.97. The van der Waals surface area contributed by atoms with E-state index in [4.69, 9.17) is 9.47 Å². The monoisotopic (exact) mass is 324 g/mol. The van der Waals surface area contributed by atoms with Gasteiger partial charge in [-0.25, -0.2) is 9.59 Å². The van der Waals surface area contributed by atoms with Crippen LogP contribution in [0.3, 0.4) is 0 Å². The van der Waals surface area contributed by atoms with Crippen LogP contribution in [0.15, 0.2) is 11.6 Å². The van der Waals surface area contributed by atoms with Crippen molar-refractivity contribution in [3.05, 3.63) is 11.6 Å². The summed E-state index contributed by atoms with van der Waals surface area (Å²) in [6.45, 7) is 6.32. The summed E-state index contributed by atoms with van der Waals surface area (Å²) in [5.74, 6) is -0.561. The molecule has 7 heteroatoms. The molecule has 0 unspecified atom stereocenters. The first-order valence-corrected chi connectivity index (χ1v) is 7.89. The third kappa shape index (κ3) is 5.26. The highest BCUT2D eigenvalue weighted by Crippen LogP contribution is 2.20. The Morgan fingerprint density at radius 1 is 1.48 bits per heavy atom. The lowest BCUT2D eigenvalue weighted by atomic mass is 9.96. The molecule has 0 aromatic carbocycles. The summed E-state index contributed by atoms with van der Waals surface area (Å²) in [5.41, 5.74) is -0.0804. The Bertz CT molecular complexity index is 521. The number of ether oxygens (including phenoxy) is 2. The molecular formula is C16H24N2O5. The van der Waals surface area contributed by atoms with Gasteiger partial charge >= 0.3 is 12.1 Å². The van der Waals surface area contributed by atoms with Crippen LogP contribution < -0.4 is 10.6 Å². The predicted octanol–water partition coefficient (Wildman–Crippen LogP) is 1.28. The van der Waals surface area contributed by atoms with Gasteiger partial charge in [-0.3, -0.25) is 4.79 Å². The molecule has 2 N–H and O–H groups in total. The second-order valence-corrected chi connectivity index (χ2v) is 6.84. The zero-order chi connectivity index (χ0) is 17.0. The molecule has 2 fully saturated rings. The number of nitrogens with one attached hydrogen (secondary N) is 2. The third-order valence-electron chi connectivity index (χ3n) is 3.67. The SMILES string of the molecule is CC(C)(C)OC(=O)N[C@H](C=C1CCOC1=O)C[C@@H]1CCNC1=O. The molecule has 0 radical (unpaired) electrons. The largest absolute Gasteiger partial charge is 0.462 e. The molecule has 2 saturated heterocycles. The number of amides is 2. The van der Waals surface area contributed by atoms with Gasteiger partial charge in [-0.15, -0.1) is 0 Å². The van der Waals surface area contributed by atoms with Gasteiger partial charge in [0.2, 0.25) is 5.91 Å². The topological polar surface area (TPSA) is 93.7 Å². The van der Waals surface area contributed by atoms with Crippen molar-refractivity contribution in [3.8, 4) is 0 Å². The van der Waals surface area contributed by atoms with E-state index in [9.17, 15) is 14.4 Å². The highest BCUT2D eigenvalue weighted by molar-refractivity contribution is 5.90. The standard InChI is InChI=1S/C16H24N2O5/c1-16(2,3)23-15(21)18-12(8-10-4-6-17-13(10)19)9-11-5-7-22-14(11)20/h9-10,12H,4-8H2,1-3H3,(H,17,19)(H,18,21)/t10-,12-/m0/s1. The number of hydrogen-bond acceptors (Lipinski definition) is 5. The fourth-order valence-corrected chi connectivity index (χ4v) is 2.65. The maximum Gasteiger partial charge on any atom is 0.408 e. The maximum atomic E-state index is 12.0. The van der Waals surface area contributed by atoms with Crippen LogP contribution in [0.4, 0.5) is 4.79 Å². The van der Waals surface area contributed by atoms with Crippen molar-refractivity contribution in [3.63, 3.8) is 0 Å². The van der Waals surface area contributed by atoms with Gasteiger partial charge in [0.1, 0.15) is 5.60 Å². The van der Waals surface area contributed by atoms with Gasteiger partial charge in [0, 0.05) is 24.5 Å². The normalized spacial score (nSPS) is 24.3. The van der Waals surface area contributed by atoms with E-state index in [2.05, 4.69) is 10.6 Å². The van der Waals surface area contributed by atoms with Crippen molar-refractivity contribution in [1.29, 1.82) is 0 Å². The molecule has 0 bridgehead atoms. The van der Waals surface area contributed by atoms with Gasteiger partial charge in [0.25, 0.3) is 0 Å². The number of hydrogen-bond donors (Lipinski definition) is 2. The minimum absolute atomic E-state index is 0.0200. The van der Waals surface area contributed by atoms with Crippen LogP contribution in [0.25, 0.3) is 0 Å². The first-order valence-electron chi connectivity index (χ1n) is 7.89. The molecule has 2 aliphatic heterocycles. The van der Waals surface area contributed by atoms with Crippen molar-refractivity contribution >= 4 is 18.0 Å². The van der Waals surface area contributed by atoms with Crippen LogP contribution >= 0.6 is 0 Å². The summed E-state index contributed by atoms with van der Waals surface area (Å²) in [7, 11) is 0. The molecule has 2 heterocycles. The minimum atomic E-state index is -0.612. The molecular weight excluding hydrogens is 300 g/mol. The number of carbonyl (C=O) groups excluding carboxylic acids is 3. The molecule has 23 heavy (non-hydrogen) atoms. The Labute approximate surface area is 135 Å². The lowest BCUT2D eigenvalue weighted by molar-refractivity contribution is -0.135. The molecule has 128 valence electrons. The van der Waals surface area contributed by atoms with E-state index in [0.717, 1.165) is 6.42 Å². The van der Waals surface area contributed by atoms with E-state index < -0.39 is 17.7 Å². The van der Waals surface area contributed by atoms with Crippen molar-refractivity contribution in [1.82, 2.24) is 10.6 Å². The van der Waals surface area contributed by atoms with Crippen molar-refractivity contribution < 1.29 is 23.9 Å². The molecule has 2 atom stereocenters. The van der Waals surface area contributed by atoms with Crippen LogP contribution in [-0.4, -0.2) is 42.8 Å². The van der Waals surface area contributed by atoms with Gasteiger partial charge in [-0.2, -0.15) is 0 Å². The first-order chi connectivity index (χ1) is 10.7. The molecule has 2 rings (SSSR count). The van der Waals surface area contributed by atoms with Crippen molar-refractivity contribution in [2.24, 2.45) is 5.92 Å². The van der Waals surface area contributed by atoms with Gasteiger partial charge in [-0.1, -0.05) is 6.08 Å². The summed E-state index contributed by atoms with van der Waals surface area (Å²) in [4.78, 5) is 35.4. The molecule has 0 aliphatic carbocycles. The van der Waals surface area contributed by atoms with Crippen LogP contribution in [0, 0.1) is 5.92 Å². The van der Waals surface area contributed by atoms with Crippen LogP contribution in [0.1, 0.15) is 40.0 Å².